The lowest BCUT2D eigenvalue weighted by atomic mass is 10.1. The Morgan fingerprint density at radius 3 is 2.92 bits per heavy atom. The van der Waals surface area contributed by atoms with Crippen molar-refractivity contribution in [3.05, 3.63) is 11.7 Å². The Morgan fingerprint density at radius 2 is 2.15 bits per heavy atom. The van der Waals surface area contributed by atoms with Gasteiger partial charge in [-0.1, -0.05) is 5.16 Å². The van der Waals surface area contributed by atoms with Gasteiger partial charge in [-0.05, 0) is 31.6 Å². The second-order valence-corrected chi connectivity index (χ2v) is 7.56. The van der Waals surface area contributed by atoms with Crippen LogP contribution in [-0.2, 0) is 20.7 Å². The van der Waals surface area contributed by atoms with Crippen molar-refractivity contribution < 1.29 is 18.8 Å². The van der Waals surface area contributed by atoms with Crippen LogP contribution in [0.15, 0.2) is 4.52 Å². The minimum absolute atomic E-state index is 0.0102. The molecule has 0 spiro atoms. The second kappa shape index (κ2) is 7.73. The third-order valence-electron chi connectivity index (χ3n) is 5.39. The number of amides is 2. The minimum Gasteiger partial charge on any atom is -0.381 e. The highest BCUT2D eigenvalue weighted by atomic mass is 16.5. The fourth-order valence-corrected chi connectivity index (χ4v) is 3.56. The standard InChI is InChI=1S/C18H26N4O4/c23-16-2-1-7-21(16)11-17(24)22-8-5-14(10-22)18-19-15(20-26-18)6-9-25-12-13-3-4-13/h13-14H,1-12H2. The van der Waals surface area contributed by atoms with Crippen LogP contribution in [0.5, 0.6) is 0 Å². The summed E-state index contributed by atoms with van der Waals surface area (Å²) in [5.41, 5.74) is 0. The zero-order valence-corrected chi connectivity index (χ0v) is 15.1. The third-order valence-corrected chi connectivity index (χ3v) is 5.39. The van der Waals surface area contributed by atoms with E-state index in [1.807, 2.05) is 0 Å². The van der Waals surface area contributed by atoms with Gasteiger partial charge in [0.05, 0.1) is 19.1 Å². The molecule has 1 atom stereocenters. The molecule has 26 heavy (non-hydrogen) atoms. The predicted molar refractivity (Wildman–Crippen MR) is 91.3 cm³/mol. The molecule has 1 aromatic heterocycles. The van der Waals surface area contributed by atoms with Gasteiger partial charge in [-0.2, -0.15) is 4.98 Å². The number of carbonyl (C=O) groups excluding carboxylic acids is 2. The molecule has 0 bridgehead atoms. The molecule has 142 valence electrons. The van der Waals surface area contributed by atoms with Crippen LogP contribution in [-0.4, -0.2) is 71.1 Å². The molecule has 3 heterocycles. The molecule has 1 unspecified atom stereocenters. The summed E-state index contributed by atoms with van der Waals surface area (Å²) in [4.78, 5) is 32.0. The lowest BCUT2D eigenvalue weighted by Gasteiger charge is -2.20. The van der Waals surface area contributed by atoms with Gasteiger partial charge in [-0.3, -0.25) is 9.59 Å². The van der Waals surface area contributed by atoms with E-state index in [0.29, 0.717) is 50.8 Å². The molecular weight excluding hydrogens is 336 g/mol. The molecule has 1 saturated carbocycles. The van der Waals surface area contributed by atoms with Crippen LogP contribution < -0.4 is 0 Å². The summed E-state index contributed by atoms with van der Waals surface area (Å²) in [6, 6.07) is 0. The highest BCUT2D eigenvalue weighted by Gasteiger charge is 2.33. The highest BCUT2D eigenvalue weighted by molar-refractivity contribution is 5.86. The maximum Gasteiger partial charge on any atom is 0.242 e. The van der Waals surface area contributed by atoms with Crippen molar-refractivity contribution in [3.8, 4) is 0 Å². The number of nitrogens with zero attached hydrogens (tertiary/aromatic N) is 4. The molecule has 1 aromatic rings. The van der Waals surface area contributed by atoms with E-state index in [0.717, 1.165) is 25.4 Å². The normalized spacial score (nSPS) is 23.2. The van der Waals surface area contributed by atoms with Crippen molar-refractivity contribution in [2.75, 3.05) is 39.4 Å². The average Bonchev–Trinajstić information content (AvgIpc) is 3.03. The lowest BCUT2D eigenvalue weighted by molar-refractivity contribution is -0.137. The second-order valence-electron chi connectivity index (χ2n) is 7.56. The zero-order valence-electron chi connectivity index (χ0n) is 15.1. The predicted octanol–water partition coefficient (Wildman–Crippen LogP) is 0.977. The Morgan fingerprint density at radius 1 is 1.27 bits per heavy atom. The molecule has 2 saturated heterocycles. The summed E-state index contributed by atoms with van der Waals surface area (Å²) in [6.45, 7) is 3.60. The largest absolute Gasteiger partial charge is 0.381 e. The topological polar surface area (TPSA) is 88.8 Å². The Labute approximate surface area is 152 Å². The number of hydrogen-bond donors (Lipinski definition) is 0. The molecule has 1 aliphatic carbocycles. The summed E-state index contributed by atoms with van der Waals surface area (Å²) < 4.78 is 11.0. The van der Waals surface area contributed by atoms with E-state index in [-0.39, 0.29) is 24.3 Å². The van der Waals surface area contributed by atoms with E-state index in [1.165, 1.54) is 12.8 Å². The van der Waals surface area contributed by atoms with E-state index in [9.17, 15) is 9.59 Å². The van der Waals surface area contributed by atoms with E-state index in [1.54, 1.807) is 9.80 Å². The Bertz CT molecular complexity index is 657. The summed E-state index contributed by atoms with van der Waals surface area (Å²) in [7, 11) is 0. The van der Waals surface area contributed by atoms with Gasteiger partial charge >= 0.3 is 0 Å². The van der Waals surface area contributed by atoms with Crippen molar-refractivity contribution in [3.63, 3.8) is 0 Å². The van der Waals surface area contributed by atoms with E-state index in [4.69, 9.17) is 9.26 Å². The molecule has 3 aliphatic rings. The van der Waals surface area contributed by atoms with Crippen molar-refractivity contribution in [2.45, 2.75) is 44.4 Å². The number of likely N-dealkylation sites (tertiary alicyclic amines) is 2. The molecular formula is C18H26N4O4. The van der Waals surface area contributed by atoms with E-state index in [2.05, 4.69) is 10.1 Å². The average molecular weight is 362 g/mol. The number of rotatable bonds is 8. The number of ether oxygens (including phenoxy) is 1. The maximum atomic E-state index is 12.4. The summed E-state index contributed by atoms with van der Waals surface area (Å²) in [5, 5.41) is 4.03. The molecule has 4 rings (SSSR count). The molecule has 2 amide bonds. The summed E-state index contributed by atoms with van der Waals surface area (Å²) >= 11 is 0. The number of aromatic nitrogens is 2. The molecule has 8 nitrogen and oxygen atoms in total. The Hall–Kier alpha value is -1.96. The quantitative estimate of drug-likeness (QED) is 0.641. The van der Waals surface area contributed by atoms with Crippen LogP contribution in [0.1, 0.15) is 49.7 Å². The van der Waals surface area contributed by atoms with Crippen molar-refractivity contribution in [1.29, 1.82) is 0 Å². The van der Waals surface area contributed by atoms with Gasteiger partial charge in [0.1, 0.15) is 0 Å². The zero-order chi connectivity index (χ0) is 17.9. The summed E-state index contributed by atoms with van der Waals surface area (Å²) in [6.07, 6.45) is 5.46. The fraction of sp³-hybridized carbons (Fsp3) is 0.778. The van der Waals surface area contributed by atoms with Crippen LogP contribution in [0.2, 0.25) is 0 Å². The van der Waals surface area contributed by atoms with Gasteiger partial charge in [0.2, 0.25) is 17.7 Å². The van der Waals surface area contributed by atoms with Crippen LogP contribution in [0.4, 0.5) is 0 Å². The summed E-state index contributed by atoms with van der Waals surface area (Å²) in [5.74, 6) is 2.21. The van der Waals surface area contributed by atoms with E-state index < -0.39 is 0 Å². The monoisotopic (exact) mass is 362 g/mol. The highest BCUT2D eigenvalue weighted by Crippen LogP contribution is 2.29. The molecule has 8 heteroatoms. The van der Waals surface area contributed by atoms with Gasteiger partial charge in [0.25, 0.3) is 0 Å². The van der Waals surface area contributed by atoms with Gasteiger partial charge in [-0.15, -0.1) is 0 Å². The van der Waals surface area contributed by atoms with Crippen LogP contribution in [0.3, 0.4) is 0 Å². The van der Waals surface area contributed by atoms with Crippen LogP contribution in [0.25, 0.3) is 0 Å². The van der Waals surface area contributed by atoms with Crippen LogP contribution in [0, 0.1) is 5.92 Å². The van der Waals surface area contributed by atoms with E-state index >= 15 is 0 Å². The molecule has 0 radical (unpaired) electrons. The molecule has 3 fully saturated rings. The van der Waals surface area contributed by atoms with Crippen molar-refractivity contribution in [1.82, 2.24) is 19.9 Å². The SMILES string of the molecule is O=C1CCCN1CC(=O)N1CCC(c2nc(CCOCC3CC3)no2)C1. The Balaban J connectivity index is 1.22. The molecule has 2 aliphatic heterocycles. The fourth-order valence-electron chi connectivity index (χ4n) is 3.56. The van der Waals surface area contributed by atoms with Gasteiger partial charge < -0.3 is 19.1 Å². The molecule has 0 N–H and O–H groups in total. The van der Waals surface area contributed by atoms with Crippen molar-refractivity contribution >= 4 is 11.8 Å². The first-order chi connectivity index (χ1) is 12.7. The van der Waals surface area contributed by atoms with Gasteiger partial charge in [0.15, 0.2) is 5.82 Å². The van der Waals surface area contributed by atoms with Gasteiger partial charge in [0, 0.05) is 39.1 Å². The number of carbonyl (C=O) groups is 2. The first-order valence-corrected chi connectivity index (χ1v) is 9.65. The van der Waals surface area contributed by atoms with Gasteiger partial charge in [-0.25, -0.2) is 0 Å². The van der Waals surface area contributed by atoms with Crippen molar-refractivity contribution in [2.24, 2.45) is 5.92 Å². The first-order valence-electron chi connectivity index (χ1n) is 9.65. The minimum atomic E-state index is 0.0102. The Kier molecular flexibility index (Phi) is 5.19. The maximum absolute atomic E-state index is 12.4. The third kappa shape index (κ3) is 4.23. The lowest BCUT2D eigenvalue weighted by Crippen LogP contribution is -2.39. The van der Waals surface area contributed by atoms with Crippen LogP contribution >= 0.6 is 0 Å². The smallest absolute Gasteiger partial charge is 0.242 e. The first kappa shape index (κ1) is 17.5. The number of hydrogen-bond acceptors (Lipinski definition) is 6. The molecule has 0 aromatic carbocycles.